The highest BCUT2D eigenvalue weighted by atomic mass is 35.5. The van der Waals surface area contributed by atoms with E-state index in [9.17, 15) is 4.79 Å². The molecule has 162 valence electrons. The van der Waals surface area contributed by atoms with Crippen molar-refractivity contribution in [1.82, 2.24) is 29.4 Å². The zero-order valence-electron chi connectivity index (χ0n) is 17.8. The van der Waals surface area contributed by atoms with E-state index in [4.69, 9.17) is 11.6 Å². The molecule has 8 heteroatoms. The molecule has 7 nitrogen and oxygen atoms in total. The number of pyridine rings is 1. The molecule has 6 rings (SSSR count). The monoisotopic (exact) mass is 454 g/mol. The van der Waals surface area contributed by atoms with Crippen molar-refractivity contribution in [2.24, 2.45) is 0 Å². The van der Waals surface area contributed by atoms with Crippen molar-refractivity contribution in [2.45, 2.75) is 19.9 Å². The Bertz CT molecular complexity index is 1710. The van der Waals surface area contributed by atoms with Gasteiger partial charge in [-0.15, -0.1) is 10.2 Å². The average molecular weight is 455 g/mol. The van der Waals surface area contributed by atoms with Crippen LogP contribution in [-0.4, -0.2) is 29.4 Å². The zero-order chi connectivity index (χ0) is 22.5. The van der Waals surface area contributed by atoms with Crippen LogP contribution in [-0.2, 0) is 13.0 Å². The molecule has 0 aliphatic rings. The van der Waals surface area contributed by atoms with Crippen LogP contribution in [0.25, 0.3) is 38.7 Å². The first kappa shape index (κ1) is 19.7. The molecule has 0 bridgehead atoms. The van der Waals surface area contributed by atoms with Crippen LogP contribution < -0.4 is 5.56 Å². The highest BCUT2D eigenvalue weighted by Crippen LogP contribution is 2.28. The van der Waals surface area contributed by atoms with Gasteiger partial charge in [-0.25, -0.2) is 4.52 Å². The summed E-state index contributed by atoms with van der Waals surface area (Å²) in [6, 6.07) is 17.6. The number of aryl methyl sites for hydroxylation is 3. The van der Waals surface area contributed by atoms with Crippen molar-refractivity contribution in [1.29, 1.82) is 0 Å². The van der Waals surface area contributed by atoms with Gasteiger partial charge in [0.15, 0.2) is 11.2 Å². The van der Waals surface area contributed by atoms with Crippen LogP contribution in [0, 0.1) is 6.92 Å². The lowest BCUT2D eigenvalue weighted by Gasteiger charge is -2.07. The van der Waals surface area contributed by atoms with Gasteiger partial charge in [0.1, 0.15) is 5.52 Å². The number of hydrogen-bond donors (Lipinski definition) is 1. The van der Waals surface area contributed by atoms with Crippen molar-refractivity contribution in [3.8, 4) is 11.1 Å². The molecule has 0 aliphatic carbocycles. The maximum atomic E-state index is 13.2. The third-order valence-corrected chi connectivity index (χ3v) is 6.28. The van der Waals surface area contributed by atoms with Crippen molar-refractivity contribution >= 4 is 39.2 Å². The van der Waals surface area contributed by atoms with Gasteiger partial charge in [0.2, 0.25) is 0 Å². The minimum absolute atomic E-state index is 0.186. The molecule has 2 aromatic carbocycles. The van der Waals surface area contributed by atoms with Gasteiger partial charge in [0.25, 0.3) is 5.56 Å². The number of fused-ring (bicyclic) bond motifs is 4. The minimum atomic E-state index is -0.186. The fourth-order valence-electron chi connectivity index (χ4n) is 4.41. The lowest BCUT2D eigenvalue weighted by Crippen LogP contribution is -2.22. The van der Waals surface area contributed by atoms with Gasteiger partial charge in [-0.2, -0.15) is 5.10 Å². The van der Waals surface area contributed by atoms with Gasteiger partial charge in [-0.3, -0.25) is 4.79 Å². The Balaban J connectivity index is 1.40. The molecule has 1 N–H and O–H groups in total. The van der Waals surface area contributed by atoms with E-state index in [1.165, 1.54) is 0 Å². The zero-order valence-corrected chi connectivity index (χ0v) is 18.5. The van der Waals surface area contributed by atoms with Crippen LogP contribution in [0.2, 0.25) is 5.02 Å². The van der Waals surface area contributed by atoms with Gasteiger partial charge >= 0.3 is 0 Å². The number of hydrogen-bond acceptors (Lipinski definition) is 4. The quantitative estimate of drug-likeness (QED) is 0.415. The highest BCUT2D eigenvalue weighted by Gasteiger charge is 2.17. The number of halogens is 1. The topological polar surface area (TPSA) is 80.9 Å². The third kappa shape index (κ3) is 3.20. The van der Waals surface area contributed by atoms with E-state index in [0.29, 0.717) is 34.7 Å². The van der Waals surface area contributed by atoms with Crippen LogP contribution in [0.15, 0.2) is 71.8 Å². The van der Waals surface area contributed by atoms with Crippen molar-refractivity contribution < 1.29 is 0 Å². The van der Waals surface area contributed by atoms with Crippen LogP contribution in [0.3, 0.4) is 0 Å². The summed E-state index contributed by atoms with van der Waals surface area (Å²) < 4.78 is 3.38. The second kappa shape index (κ2) is 7.56. The molecule has 0 saturated carbocycles. The first-order valence-electron chi connectivity index (χ1n) is 10.7. The Kier molecular flexibility index (Phi) is 4.52. The summed E-state index contributed by atoms with van der Waals surface area (Å²) in [5, 5.41) is 15.1. The van der Waals surface area contributed by atoms with E-state index >= 15 is 0 Å². The number of rotatable bonds is 4. The molecule has 0 saturated heterocycles. The van der Waals surface area contributed by atoms with Crippen LogP contribution in [0.4, 0.5) is 0 Å². The smallest absolute Gasteiger partial charge is 0.280 e. The van der Waals surface area contributed by atoms with Gasteiger partial charge in [-0.1, -0.05) is 41.9 Å². The molecular formula is C25H19ClN6O. The van der Waals surface area contributed by atoms with E-state index in [1.54, 1.807) is 15.3 Å². The van der Waals surface area contributed by atoms with Gasteiger partial charge in [0.05, 0.1) is 11.3 Å². The maximum absolute atomic E-state index is 13.2. The summed E-state index contributed by atoms with van der Waals surface area (Å²) in [4.78, 5) is 16.5. The fraction of sp³-hybridized carbons (Fsp3) is 0.120. The Morgan fingerprint density at radius 2 is 1.91 bits per heavy atom. The van der Waals surface area contributed by atoms with Crippen LogP contribution in [0.5, 0.6) is 0 Å². The standard InChI is InChI=1S/C25H19ClN6O/c1-15-22(16-5-3-2-4-6-16)24-29-28-23-21(32(24)30-15)10-12-31(25(23)33)11-9-17-14-27-20-8-7-18(26)13-19(17)20/h2-8,10,12-14,27H,9,11H2,1H3. The van der Waals surface area contributed by atoms with Crippen LogP contribution in [0.1, 0.15) is 11.3 Å². The van der Waals surface area contributed by atoms with Gasteiger partial charge in [0, 0.05) is 34.9 Å². The van der Waals surface area contributed by atoms with E-state index < -0.39 is 0 Å². The van der Waals surface area contributed by atoms with E-state index in [0.717, 1.165) is 33.3 Å². The maximum Gasteiger partial charge on any atom is 0.280 e. The molecule has 0 fully saturated rings. The number of nitrogens with zero attached hydrogens (tertiary/aromatic N) is 5. The van der Waals surface area contributed by atoms with E-state index in [2.05, 4.69) is 20.3 Å². The minimum Gasteiger partial charge on any atom is -0.361 e. The molecule has 4 aromatic heterocycles. The highest BCUT2D eigenvalue weighted by molar-refractivity contribution is 6.31. The molecule has 0 atom stereocenters. The number of aromatic amines is 1. The van der Waals surface area contributed by atoms with E-state index in [1.807, 2.05) is 67.7 Å². The number of aromatic nitrogens is 6. The molecule has 4 heterocycles. The molecule has 6 aromatic rings. The van der Waals surface area contributed by atoms with Crippen molar-refractivity contribution in [2.75, 3.05) is 0 Å². The van der Waals surface area contributed by atoms with Crippen molar-refractivity contribution in [3.05, 3.63) is 93.6 Å². The lowest BCUT2D eigenvalue weighted by molar-refractivity contribution is 0.674. The van der Waals surface area contributed by atoms with Crippen LogP contribution >= 0.6 is 11.6 Å². The predicted molar refractivity (Wildman–Crippen MR) is 130 cm³/mol. The Labute approximate surface area is 193 Å². The molecule has 0 amide bonds. The summed E-state index contributed by atoms with van der Waals surface area (Å²) in [5.74, 6) is 0. The van der Waals surface area contributed by atoms with Gasteiger partial charge in [-0.05, 0) is 48.7 Å². The molecule has 0 unspecified atom stereocenters. The van der Waals surface area contributed by atoms with Gasteiger partial charge < -0.3 is 9.55 Å². The Morgan fingerprint density at radius 3 is 2.76 bits per heavy atom. The third-order valence-electron chi connectivity index (χ3n) is 6.04. The molecule has 0 radical (unpaired) electrons. The summed E-state index contributed by atoms with van der Waals surface area (Å²) in [5.41, 5.74) is 6.31. The second-order valence-corrected chi connectivity index (χ2v) is 8.50. The SMILES string of the molecule is Cc1nn2c(nnc3c(=O)n(CCc4c[nH]c5ccc(Cl)cc45)ccc32)c1-c1ccccc1. The largest absolute Gasteiger partial charge is 0.361 e. The predicted octanol–water partition coefficient (Wildman–Crippen LogP) is 4.79. The lowest BCUT2D eigenvalue weighted by atomic mass is 10.1. The Morgan fingerprint density at radius 1 is 1.06 bits per heavy atom. The number of H-pyrrole nitrogens is 1. The molecular weight excluding hydrogens is 436 g/mol. The van der Waals surface area contributed by atoms with Crippen molar-refractivity contribution in [3.63, 3.8) is 0 Å². The molecule has 0 spiro atoms. The van der Waals surface area contributed by atoms with E-state index in [-0.39, 0.29) is 5.56 Å². The summed E-state index contributed by atoms with van der Waals surface area (Å²) in [7, 11) is 0. The summed E-state index contributed by atoms with van der Waals surface area (Å²) in [6.07, 6.45) is 4.45. The fourth-order valence-corrected chi connectivity index (χ4v) is 4.58. The molecule has 0 aliphatic heterocycles. The summed E-state index contributed by atoms with van der Waals surface area (Å²) in [6.45, 7) is 2.46. The molecule has 33 heavy (non-hydrogen) atoms. The summed E-state index contributed by atoms with van der Waals surface area (Å²) >= 11 is 6.16. The average Bonchev–Trinajstić information content (AvgIpc) is 3.38. The Hall–Kier alpha value is -3.97. The second-order valence-electron chi connectivity index (χ2n) is 8.06. The first-order valence-corrected chi connectivity index (χ1v) is 11.0. The number of nitrogens with one attached hydrogen (secondary N) is 1. The first-order chi connectivity index (χ1) is 16.1. The normalized spacial score (nSPS) is 11.7. The number of benzene rings is 2.